The second kappa shape index (κ2) is 9.08. The van der Waals surface area contributed by atoms with E-state index in [0.29, 0.717) is 17.6 Å². The van der Waals surface area contributed by atoms with Crippen LogP contribution in [0.25, 0.3) is 0 Å². The Morgan fingerprint density at radius 2 is 2.03 bits per heavy atom. The molecular formula is C25H28BN5O3. The number of aromatic nitrogens is 2. The van der Waals surface area contributed by atoms with E-state index >= 15 is 0 Å². The van der Waals surface area contributed by atoms with Gasteiger partial charge in [-0.15, -0.1) is 0 Å². The largest absolute Gasteiger partial charge is 0.488 e. The molecule has 1 aliphatic heterocycles. The molecule has 0 bridgehead atoms. The molecule has 3 aromatic rings. The molecule has 0 saturated heterocycles. The van der Waals surface area contributed by atoms with Gasteiger partial charge in [0.25, 0.3) is 0 Å². The lowest BCUT2D eigenvalue weighted by Gasteiger charge is -2.24. The minimum absolute atomic E-state index is 0.0308. The second-order valence-electron chi connectivity index (χ2n) is 9.16. The fraction of sp³-hybridized carbons (Fsp3) is 0.320. The third-order valence-electron chi connectivity index (χ3n) is 6.82. The Morgan fingerprint density at radius 3 is 2.82 bits per heavy atom. The van der Waals surface area contributed by atoms with Gasteiger partial charge in [0.15, 0.2) is 0 Å². The summed E-state index contributed by atoms with van der Waals surface area (Å²) in [5.41, 5.74) is 10.7. The van der Waals surface area contributed by atoms with Gasteiger partial charge in [0, 0.05) is 30.1 Å². The van der Waals surface area contributed by atoms with Crippen molar-refractivity contribution in [3.63, 3.8) is 0 Å². The lowest BCUT2D eigenvalue weighted by molar-refractivity contribution is 0.0999. The molecule has 8 nitrogen and oxygen atoms in total. The van der Waals surface area contributed by atoms with Crippen molar-refractivity contribution in [3.05, 3.63) is 76.1 Å². The van der Waals surface area contributed by atoms with Crippen LogP contribution in [0.2, 0.25) is 0 Å². The van der Waals surface area contributed by atoms with Crippen LogP contribution < -0.4 is 21.8 Å². The predicted molar refractivity (Wildman–Crippen MR) is 132 cm³/mol. The molecule has 2 aromatic carbocycles. The van der Waals surface area contributed by atoms with Crippen LogP contribution in [0.5, 0.6) is 0 Å². The van der Waals surface area contributed by atoms with Crippen molar-refractivity contribution in [1.82, 2.24) is 9.97 Å². The van der Waals surface area contributed by atoms with E-state index in [-0.39, 0.29) is 11.8 Å². The number of nitrogens with zero attached hydrogens (tertiary/aromatic N) is 2. The summed E-state index contributed by atoms with van der Waals surface area (Å²) in [4.78, 5) is 21.9. The van der Waals surface area contributed by atoms with Gasteiger partial charge in [0.05, 0.1) is 0 Å². The van der Waals surface area contributed by atoms with Crippen LogP contribution in [-0.2, 0) is 19.4 Å². The topological polar surface area (TPSA) is 133 Å². The number of rotatable bonds is 6. The number of hydrogen-bond acceptors (Lipinski definition) is 7. The molecule has 0 radical (unpaired) electrons. The number of carbonyl (C=O) groups excluding carboxylic acids is 1. The summed E-state index contributed by atoms with van der Waals surface area (Å²) in [6, 6.07) is 12.9. The zero-order chi connectivity index (χ0) is 23.8. The first kappa shape index (κ1) is 22.4. The SMILES string of the molecule is CC1Cc2c(C(N)=O)cccc2C1c1nc2c(c(NCc3cccc(B(O)O)c3)n1)CCCN2. The lowest BCUT2D eigenvalue weighted by atomic mass is 9.79. The summed E-state index contributed by atoms with van der Waals surface area (Å²) in [5, 5.41) is 25.9. The summed E-state index contributed by atoms with van der Waals surface area (Å²) in [7, 11) is -1.50. The van der Waals surface area contributed by atoms with Gasteiger partial charge in [0.2, 0.25) is 5.91 Å². The van der Waals surface area contributed by atoms with E-state index in [2.05, 4.69) is 17.6 Å². The van der Waals surface area contributed by atoms with Crippen molar-refractivity contribution in [3.8, 4) is 0 Å². The van der Waals surface area contributed by atoms with Crippen LogP contribution in [0.3, 0.4) is 0 Å². The van der Waals surface area contributed by atoms with E-state index < -0.39 is 13.0 Å². The highest BCUT2D eigenvalue weighted by Crippen LogP contribution is 2.43. The second-order valence-corrected chi connectivity index (χ2v) is 9.16. The average molecular weight is 457 g/mol. The van der Waals surface area contributed by atoms with Gasteiger partial charge in [-0.05, 0) is 53.4 Å². The van der Waals surface area contributed by atoms with E-state index in [9.17, 15) is 14.8 Å². The molecule has 1 amide bonds. The number of primary amides is 1. The van der Waals surface area contributed by atoms with Gasteiger partial charge in [-0.2, -0.15) is 0 Å². The van der Waals surface area contributed by atoms with Crippen LogP contribution in [-0.4, -0.2) is 39.6 Å². The smallest absolute Gasteiger partial charge is 0.423 e. The first-order valence-corrected chi connectivity index (χ1v) is 11.7. The van der Waals surface area contributed by atoms with Crippen molar-refractivity contribution in [2.75, 3.05) is 17.2 Å². The maximum absolute atomic E-state index is 12.0. The maximum atomic E-state index is 12.0. The molecule has 0 spiro atoms. The fourth-order valence-electron chi connectivity index (χ4n) is 5.19. The van der Waals surface area contributed by atoms with Crippen LogP contribution >= 0.6 is 0 Å². The van der Waals surface area contributed by atoms with Gasteiger partial charge in [-0.1, -0.05) is 43.3 Å². The average Bonchev–Trinajstić information content (AvgIpc) is 3.18. The molecule has 1 aliphatic carbocycles. The van der Waals surface area contributed by atoms with Gasteiger partial charge in [-0.25, -0.2) is 9.97 Å². The van der Waals surface area contributed by atoms with E-state index in [1.807, 2.05) is 24.3 Å². The van der Waals surface area contributed by atoms with E-state index in [1.165, 1.54) is 0 Å². The van der Waals surface area contributed by atoms with Gasteiger partial charge in [-0.3, -0.25) is 4.79 Å². The van der Waals surface area contributed by atoms with E-state index in [0.717, 1.165) is 65.5 Å². The van der Waals surface area contributed by atoms with Crippen molar-refractivity contribution >= 4 is 30.1 Å². The number of hydrogen-bond donors (Lipinski definition) is 5. The first-order valence-electron chi connectivity index (χ1n) is 11.7. The number of nitrogens with one attached hydrogen (secondary N) is 2. The number of carbonyl (C=O) groups is 1. The molecule has 2 heterocycles. The Balaban J connectivity index is 1.51. The molecule has 2 atom stereocenters. The van der Waals surface area contributed by atoms with Gasteiger partial charge < -0.3 is 26.4 Å². The van der Waals surface area contributed by atoms with Crippen LogP contribution in [0.15, 0.2) is 42.5 Å². The zero-order valence-electron chi connectivity index (χ0n) is 19.1. The molecule has 1 aromatic heterocycles. The van der Waals surface area contributed by atoms with E-state index in [1.54, 1.807) is 18.2 Å². The van der Waals surface area contributed by atoms with Crippen molar-refractivity contribution in [2.45, 2.75) is 38.6 Å². The standard InChI is InChI=1S/C25H28BN5O3/c1-14-11-20-17(7-3-8-18(20)22(27)32)21(14)25-30-23-19(9-4-10-28-23)24(31-25)29-13-15-5-2-6-16(12-15)26(33)34/h2-3,5-8,12,14,21,33-34H,4,9-11,13H2,1H3,(H2,27,32)(H2,28,29,30,31). The monoisotopic (exact) mass is 457 g/mol. The Hall–Kier alpha value is -3.43. The molecule has 34 heavy (non-hydrogen) atoms. The van der Waals surface area contributed by atoms with Crippen LogP contribution in [0, 0.1) is 5.92 Å². The number of fused-ring (bicyclic) bond motifs is 2. The minimum Gasteiger partial charge on any atom is -0.423 e. The van der Waals surface area contributed by atoms with Crippen molar-refractivity contribution in [2.24, 2.45) is 11.7 Å². The lowest BCUT2D eigenvalue weighted by Crippen LogP contribution is -2.30. The molecule has 2 aliphatic rings. The summed E-state index contributed by atoms with van der Waals surface area (Å²) in [6.45, 7) is 3.51. The molecule has 174 valence electrons. The Bertz CT molecular complexity index is 1250. The number of benzene rings is 2. The highest BCUT2D eigenvalue weighted by atomic mass is 16.4. The molecule has 0 saturated carbocycles. The fourth-order valence-corrected chi connectivity index (χ4v) is 5.19. The first-order chi connectivity index (χ1) is 16.4. The predicted octanol–water partition coefficient (Wildman–Crippen LogP) is 1.55. The highest BCUT2D eigenvalue weighted by molar-refractivity contribution is 6.58. The number of amides is 1. The molecule has 0 fully saturated rings. The third kappa shape index (κ3) is 4.13. The third-order valence-corrected chi connectivity index (χ3v) is 6.82. The van der Waals surface area contributed by atoms with Crippen molar-refractivity contribution in [1.29, 1.82) is 0 Å². The molecule has 5 rings (SSSR count). The van der Waals surface area contributed by atoms with Crippen molar-refractivity contribution < 1.29 is 14.8 Å². The maximum Gasteiger partial charge on any atom is 0.488 e. The summed E-state index contributed by atoms with van der Waals surface area (Å²) < 4.78 is 0. The molecular weight excluding hydrogens is 429 g/mol. The highest BCUT2D eigenvalue weighted by Gasteiger charge is 2.36. The Kier molecular flexibility index (Phi) is 5.97. The Labute approximate surface area is 198 Å². The van der Waals surface area contributed by atoms with Crippen LogP contribution in [0.4, 0.5) is 11.6 Å². The minimum atomic E-state index is -1.50. The quantitative estimate of drug-likeness (QED) is 0.355. The normalized spacial score (nSPS) is 18.6. The molecule has 6 N–H and O–H groups in total. The van der Waals surface area contributed by atoms with E-state index in [4.69, 9.17) is 15.7 Å². The number of nitrogens with two attached hydrogens (primary N) is 1. The van der Waals surface area contributed by atoms with Gasteiger partial charge >= 0.3 is 7.12 Å². The summed E-state index contributed by atoms with van der Waals surface area (Å²) in [5.74, 6) is 2.15. The van der Waals surface area contributed by atoms with Gasteiger partial charge in [0.1, 0.15) is 17.5 Å². The summed E-state index contributed by atoms with van der Waals surface area (Å²) >= 11 is 0. The zero-order valence-corrected chi connectivity index (χ0v) is 19.1. The molecule has 9 heteroatoms. The number of anilines is 2. The molecule has 2 unspecified atom stereocenters. The summed E-state index contributed by atoms with van der Waals surface area (Å²) in [6.07, 6.45) is 2.64. The Morgan fingerprint density at radius 1 is 1.21 bits per heavy atom. The van der Waals surface area contributed by atoms with Crippen LogP contribution in [0.1, 0.15) is 57.7 Å².